The Kier molecular flexibility index (Phi) is 5.80. The van der Waals surface area contributed by atoms with Gasteiger partial charge in [0.15, 0.2) is 0 Å². The summed E-state index contributed by atoms with van der Waals surface area (Å²) in [6, 6.07) is 11.4. The molecule has 2 aromatic carbocycles. The molecule has 1 N–H and O–H groups in total. The van der Waals surface area contributed by atoms with Crippen LogP contribution in [0.4, 0.5) is 10.1 Å². The summed E-state index contributed by atoms with van der Waals surface area (Å²) in [5.74, 6) is -0.885. The summed E-state index contributed by atoms with van der Waals surface area (Å²) in [5.41, 5.74) is 1.35. The highest BCUT2D eigenvalue weighted by molar-refractivity contribution is 6.31. The van der Waals surface area contributed by atoms with E-state index < -0.39 is 5.82 Å². The molecule has 0 radical (unpaired) electrons. The van der Waals surface area contributed by atoms with Gasteiger partial charge in [0.05, 0.1) is 6.54 Å². The lowest BCUT2D eigenvalue weighted by molar-refractivity contribution is -0.118. The van der Waals surface area contributed by atoms with Gasteiger partial charge in [-0.2, -0.15) is 0 Å². The minimum atomic E-state index is -0.418. The lowest BCUT2D eigenvalue weighted by Gasteiger charge is -2.24. The molecule has 142 valence electrons. The molecule has 0 saturated heterocycles. The zero-order chi connectivity index (χ0) is 19.6. The predicted octanol–water partition coefficient (Wildman–Crippen LogP) is 4.88. The van der Waals surface area contributed by atoms with E-state index in [0.29, 0.717) is 21.8 Å². The van der Waals surface area contributed by atoms with Crippen LogP contribution in [0.5, 0.6) is 0 Å². The second-order valence-corrected chi connectivity index (χ2v) is 7.50. The first-order valence-electron chi connectivity index (χ1n) is 9.01. The summed E-state index contributed by atoms with van der Waals surface area (Å²) >= 11 is 6.14. The summed E-state index contributed by atoms with van der Waals surface area (Å²) in [6.07, 6.45) is 1.78. The third kappa shape index (κ3) is 4.66. The van der Waals surface area contributed by atoms with E-state index in [0.717, 1.165) is 12.8 Å². The van der Waals surface area contributed by atoms with Crippen LogP contribution in [-0.2, 0) is 11.3 Å². The third-order valence-electron chi connectivity index (χ3n) is 4.54. The number of rotatable bonds is 6. The van der Waals surface area contributed by atoms with Crippen molar-refractivity contribution in [2.45, 2.75) is 39.3 Å². The molecule has 0 aliphatic heterocycles. The van der Waals surface area contributed by atoms with Crippen LogP contribution in [0, 0.1) is 11.7 Å². The molecule has 0 spiro atoms. The Morgan fingerprint density at radius 3 is 2.56 bits per heavy atom. The number of hydrogen-bond donors (Lipinski definition) is 1. The maximum Gasteiger partial charge on any atom is 0.254 e. The highest BCUT2D eigenvalue weighted by Gasteiger charge is 2.34. The number of halogens is 2. The zero-order valence-electron chi connectivity index (χ0n) is 15.3. The van der Waals surface area contributed by atoms with Crippen LogP contribution < -0.4 is 5.32 Å². The molecule has 0 unspecified atom stereocenters. The summed E-state index contributed by atoms with van der Waals surface area (Å²) < 4.78 is 14.2. The van der Waals surface area contributed by atoms with Crippen molar-refractivity contribution in [2.24, 2.45) is 5.92 Å². The normalized spacial score (nSPS) is 13.5. The molecule has 0 atom stereocenters. The maximum atomic E-state index is 14.2. The minimum Gasteiger partial charge on any atom is -0.331 e. The summed E-state index contributed by atoms with van der Waals surface area (Å²) in [4.78, 5) is 26.6. The molecule has 0 heterocycles. The molecule has 4 nitrogen and oxygen atoms in total. The number of amides is 2. The third-order valence-corrected chi connectivity index (χ3v) is 4.89. The molecular weight excluding hydrogens is 367 g/mol. The topological polar surface area (TPSA) is 49.4 Å². The van der Waals surface area contributed by atoms with Crippen LogP contribution in [0.1, 0.15) is 42.6 Å². The van der Waals surface area contributed by atoms with Crippen molar-refractivity contribution in [3.05, 3.63) is 64.4 Å². The monoisotopic (exact) mass is 388 g/mol. The van der Waals surface area contributed by atoms with Gasteiger partial charge in [-0.05, 0) is 43.2 Å². The van der Waals surface area contributed by atoms with E-state index in [1.54, 1.807) is 55.1 Å². The average Bonchev–Trinajstić information content (AvgIpc) is 3.46. The zero-order valence-corrected chi connectivity index (χ0v) is 16.1. The SMILES string of the molecule is CC(C)C(=O)Nc1cccc(C(=O)N(Cc2c(F)cccc2Cl)C2CC2)c1. The fourth-order valence-corrected chi connectivity index (χ4v) is 3.01. The maximum absolute atomic E-state index is 14.2. The molecule has 0 bridgehead atoms. The number of carbonyl (C=O) groups excluding carboxylic acids is 2. The van der Waals surface area contributed by atoms with Crippen LogP contribution in [0.15, 0.2) is 42.5 Å². The van der Waals surface area contributed by atoms with Gasteiger partial charge in [0.25, 0.3) is 5.91 Å². The Morgan fingerprint density at radius 1 is 1.22 bits per heavy atom. The Bertz CT molecular complexity index is 845. The van der Waals surface area contributed by atoms with Gasteiger partial charge in [0.2, 0.25) is 5.91 Å². The standard InChI is InChI=1S/C21H22ClFN2O2/c1-13(2)20(26)24-15-6-3-5-14(11-15)21(27)25(16-9-10-16)12-17-18(22)7-4-8-19(17)23/h3-8,11,13,16H,9-10,12H2,1-2H3,(H,24,26). The van der Waals surface area contributed by atoms with Crippen molar-refractivity contribution < 1.29 is 14.0 Å². The first kappa shape index (κ1) is 19.4. The van der Waals surface area contributed by atoms with Crippen molar-refractivity contribution in [2.75, 3.05) is 5.32 Å². The predicted molar refractivity (Wildman–Crippen MR) is 104 cm³/mol. The van der Waals surface area contributed by atoms with Crippen molar-refractivity contribution in [1.29, 1.82) is 0 Å². The van der Waals surface area contributed by atoms with Crippen molar-refractivity contribution >= 4 is 29.1 Å². The number of carbonyl (C=O) groups is 2. The smallest absolute Gasteiger partial charge is 0.254 e. The van der Waals surface area contributed by atoms with E-state index in [-0.39, 0.29) is 30.3 Å². The summed E-state index contributed by atoms with van der Waals surface area (Å²) in [7, 11) is 0. The van der Waals surface area contributed by atoms with Gasteiger partial charge in [-0.1, -0.05) is 37.6 Å². The number of nitrogens with one attached hydrogen (secondary N) is 1. The van der Waals surface area contributed by atoms with E-state index >= 15 is 0 Å². The van der Waals surface area contributed by atoms with E-state index in [2.05, 4.69) is 5.32 Å². The average molecular weight is 389 g/mol. The lowest BCUT2D eigenvalue weighted by Crippen LogP contribution is -2.33. The molecule has 1 aliphatic carbocycles. The highest BCUT2D eigenvalue weighted by atomic mass is 35.5. The van der Waals surface area contributed by atoms with E-state index in [4.69, 9.17) is 11.6 Å². The van der Waals surface area contributed by atoms with Crippen molar-refractivity contribution in [3.8, 4) is 0 Å². The van der Waals surface area contributed by atoms with Crippen LogP contribution in [0.25, 0.3) is 0 Å². The molecule has 2 amide bonds. The summed E-state index contributed by atoms with van der Waals surface area (Å²) in [5, 5.41) is 3.11. The summed E-state index contributed by atoms with van der Waals surface area (Å²) in [6.45, 7) is 3.73. The fourth-order valence-electron chi connectivity index (χ4n) is 2.79. The van der Waals surface area contributed by atoms with Crippen LogP contribution in [0.3, 0.4) is 0 Å². The first-order valence-corrected chi connectivity index (χ1v) is 9.39. The van der Waals surface area contributed by atoms with Crippen LogP contribution in [-0.4, -0.2) is 22.8 Å². The molecule has 27 heavy (non-hydrogen) atoms. The Hall–Kier alpha value is -2.40. The molecular formula is C21H22ClFN2O2. The van der Waals surface area contributed by atoms with Gasteiger partial charge in [0, 0.05) is 33.8 Å². The van der Waals surface area contributed by atoms with E-state index in [1.165, 1.54) is 6.07 Å². The van der Waals surface area contributed by atoms with Crippen molar-refractivity contribution in [1.82, 2.24) is 4.90 Å². The number of nitrogens with zero attached hydrogens (tertiary/aromatic N) is 1. The quantitative estimate of drug-likeness (QED) is 0.766. The van der Waals surface area contributed by atoms with Gasteiger partial charge < -0.3 is 10.2 Å². The van der Waals surface area contributed by atoms with Crippen LogP contribution >= 0.6 is 11.6 Å². The largest absolute Gasteiger partial charge is 0.331 e. The number of anilines is 1. The molecule has 2 aromatic rings. The van der Waals surface area contributed by atoms with Gasteiger partial charge >= 0.3 is 0 Å². The van der Waals surface area contributed by atoms with Gasteiger partial charge in [-0.25, -0.2) is 4.39 Å². The highest BCUT2D eigenvalue weighted by Crippen LogP contribution is 2.32. The van der Waals surface area contributed by atoms with Gasteiger partial charge in [-0.15, -0.1) is 0 Å². The van der Waals surface area contributed by atoms with E-state index in [9.17, 15) is 14.0 Å². The molecule has 1 aliphatic rings. The number of hydrogen-bond acceptors (Lipinski definition) is 2. The molecule has 1 fully saturated rings. The second-order valence-electron chi connectivity index (χ2n) is 7.09. The lowest BCUT2D eigenvalue weighted by atomic mass is 10.1. The Balaban J connectivity index is 1.83. The minimum absolute atomic E-state index is 0.0853. The Morgan fingerprint density at radius 2 is 1.93 bits per heavy atom. The fraction of sp³-hybridized carbons (Fsp3) is 0.333. The molecule has 3 rings (SSSR count). The molecule has 6 heteroatoms. The second kappa shape index (κ2) is 8.09. The van der Waals surface area contributed by atoms with Crippen molar-refractivity contribution in [3.63, 3.8) is 0 Å². The van der Waals surface area contributed by atoms with Gasteiger partial charge in [0.1, 0.15) is 5.82 Å². The number of benzene rings is 2. The first-order chi connectivity index (χ1) is 12.9. The van der Waals surface area contributed by atoms with Crippen LogP contribution in [0.2, 0.25) is 5.02 Å². The molecule has 1 saturated carbocycles. The Labute approximate surface area is 163 Å². The van der Waals surface area contributed by atoms with E-state index in [1.807, 2.05) is 0 Å². The van der Waals surface area contributed by atoms with Gasteiger partial charge in [-0.3, -0.25) is 9.59 Å². The molecule has 0 aromatic heterocycles.